The van der Waals surface area contributed by atoms with Gasteiger partial charge >= 0.3 is 0 Å². The normalized spacial score (nSPS) is 20.4. The molecule has 2 atom stereocenters. The Labute approximate surface area is 180 Å². The van der Waals surface area contributed by atoms with Crippen molar-refractivity contribution in [3.8, 4) is 0 Å². The summed E-state index contributed by atoms with van der Waals surface area (Å²) < 4.78 is 5.27. The number of carbonyl (C=O) groups is 3. The highest BCUT2D eigenvalue weighted by Crippen LogP contribution is 2.34. The Kier molecular flexibility index (Phi) is 4.70. The van der Waals surface area contributed by atoms with Crippen molar-refractivity contribution in [2.75, 3.05) is 6.54 Å². The van der Waals surface area contributed by atoms with Gasteiger partial charge in [0.05, 0.1) is 23.9 Å². The molecular formula is C25H22N2O4. The molecule has 2 aliphatic heterocycles. The van der Waals surface area contributed by atoms with Gasteiger partial charge in [0.2, 0.25) is 0 Å². The van der Waals surface area contributed by atoms with Gasteiger partial charge < -0.3 is 9.32 Å². The maximum Gasteiger partial charge on any atom is 0.261 e. The molecular weight excluding hydrogens is 392 g/mol. The highest BCUT2D eigenvalue weighted by Gasteiger charge is 2.38. The number of fused-ring (bicyclic) bond motifs is 1. The molecule has 3 amide bonds. The summed E-state index contributed by atoms with van der Waals surface area (Å²) in [6, 6.07) is 18.5. The van der Waals surface area contributed by atoms with Crippen LogP contribution in [-0.4, -0.2) is 40.1 Å². The van der Waals surface area contributed by atoms with Crippen LogP contribution in [0.3, 0.4) is 0 Å². The molecule has 1 aromatic heterocycles. The number of hydrogen-bond acceptors (Lipinski definition) is 4. The smallest absolute Gasteiger partial charge is 0.261 e. The molecule has 156 valence electrons. The maximum atomic E-state index is 13.3. The average Bonchev–Trinajstić information content (AvgIpc) is 3.50. The Hall–Kier alpha value is -3.67. The van der Waals surface area contributed by atoms with Crippen molar-refractivity contribution >= 4 is 17.7 Å². The average molecular weight is 414 g/mol. The lowest BCUT2D eigenvalue weighted by molar-refractivity contribution is 0.0631. The number of imide groups is 1. The van der Waals surface area contributed by atoms with E-state index < -0.39 is 5.91 Å². The third kappa shape index (κ3) is 3.24. The summed E-state index contributed by atoms with van der Waals surface area (Å²) in [4.78, 5) is 41.8. The summed E-state index contributed by atoms with van der Waals surface area (Å²) in [5.74, 6) is -0.0644. The lowest BCUT2D eigenvalue weighted by Crippen LogP contribution is -2.35. The van der Waals surface area contributed by atoms with E-state index in [2.05, 4.69) is 19.1 Å². The topological polar surface area (TPSA) is 70.8 Å². The third-order valence-electron chi connectivity index (χ3n) is 6.36. The second-order valence-electron chi connectivity index (χ2n) is 8.08. The van der Waals surface area contributed by atoms with Crippen molar-refractivity contribution in [3.63, 3.8) is 0 Å². The summed E-state index contributed by atoms with van der Waals surface area (Å²) in [7, 11) is 0. The molecule has 1 fully saturated rings. The van der Waals surface area contributed by atoms with E-state index in [4.69, 9.17) is 4.42 Å². The van der Waals surface area contributed by atoms with Crippen molar-refractivity contribution in [1.29, 1.82) is 0 Å². The molecule has 2 aliphatic rings. The van der Waals surface area contributed by atoms with Crippen LogP contribution in [0.25, 0.3) is 0 Å². The van der Waals surface area contributed by atoms with Crippen molar-refractivity contribution in [3.05, 3.63) is 94.9 Å². The van der Waals surface area contributed by atoms with Crippen LogP contribution in [0.5, 0.6) is 0 Å². The fourth-order valence-electron chi connectivity index (χ4n) is 4.66. The molecule has 6 heteroatoms. The molecule has 3 aromatic rings. The number of likely N-dealkylation sites (tertiary alicyclic amines) is 1. The van der Waals surface area contributed by atoms with Crippen LogP contribution in [0.1, 0.15) is 61.7 Å². The van der Waals surface area contributed by atoms with Gasteiger partial charge in [0.1, 0.15) is 5.76 Å². The molecule has 0 saturated carbocycles. The fraction of sp³-hybridized carbons (Fsp3) is 0.240. The standard InChI is InChI=1S/C25H22N2O4/c1-16-20(17-6-3-2-4-7-17)11-12-26(16)23(28)18-9-10-21-22(14-18)25(30)27(24(21)29)15-19-8-5-13-31-19/h2-10,13-14,16,20H,11-12,15H2,1H3/t16-,20-/m0/s1. The number of carbonyl (C=O) groups excluding carboxylic acids is 3. The van der Waals surface area contributed by atoms with Gasteiger partial charge in [-0.15, -0.1) is 0 Å². The van der Waals surface area contributed by atoms with Gasteiger partial charge in [-0.3, -0.25) is 19.3 Å². The van der Waals surface area contributed by atoms with Crippen molar-refractivity contribution < 1.29 is 18.8 Å². The second-order valence-corrected chi connectivity index (χ2v) is 8.08. The second kappa shape index (κ2) is 7.54. The van der Waals surface area contributed by atoms with Crippen molar-refractivity contribution in [2.45, 2.75) is 31.8 Å². The van der Waals surface area contributed by atoms with Crippen molar-refractivity contribution in [1.82, 2.24) is 9.80 Å². The zero-order chi connectivity index (χ0) is 21.5. The zero-order valence-corrected chi connectivity index (χ0v) is 17.2. The van der Waals surface area contributed by atoms with Gasteiger partial charge in [0.15, 0.2) is 0 Å². The number of rotatable bonds is 4. The summed E-state index contributed by atoms with van der Waals surface area (Å²) in [5, 5.41) is 0. The predicted molar refractivity (Wildman–Crippen MR) is 114 cm³/mol. The first-order valence-corrected chi connectivity index (χ1v) is 10.4. The first-order chi connectivity index (χ1) is 15.0. The van der Waals surface area contributed by atoms with Gasteiger partial charge in [-0.2, -0.15) is 0 Å². The maximum absolute atomic E-state index is 13.3. The Bertz CT molecular complexity index is 1150. The lowest BCUT2D eigenvalue weighted by Gasteiger charge is -2.25. The molecule has 0 aliphatic carbocycles. The van der Waals surface area contributed by atoms with Crippen molar-refractivity contribution in [2.24, 2.45) is 0 Å². The molecule has 3 heterocycles. The molecule has 2 aromatic carbocycles. The minimum atomic E-state index is -0.400. The van der Waals surface area contributed by atoms with E-state index in [9.17, 15) is 14.4 Å². The Morgan fingerprint density at radius 3 is 2.52 bits per heavy atom. The van der Waals surface area contributed by atoms with Gasteiger partial charge in [0, 0.05) is 24.1 Å². The van der Waals surface area contributed by atoms with Gasteiger partial charge in [-0.05, 0) is 49.2 Å². The van der Waals surface area contributed by atoms with Crippen LogP contribution < -0.4 is 0 Å². The monoisotopic (exact) mass is 414 g/mol. The summed E-state index contributed by atoms with van der Waals surface area (Å²) >= 11 is 0. The van der Waals surface area contributed by atoms with Crippen LogP contribution in [0.4, 0.5) is 0 Å². The highest BCUT2D eigenvalue weighted by molar-refractivity contribution is 6.22. The molecule has 0 radical (unpaired) electrons. The quantitative estimate of drug-likeness (QED) is 0.603. The molecule has 0 N–H and O–H groups in total. The number of furan rings is 1. The lowest BCUT2D eigenvalue weighted by atomic mass is 9.93. The van der Waals surface area contributed by atoms with Gasteiger partial charge in [0.25, 0.3) is 17.7 Å². The highest BCUT2D eigenvalue weighted by atomic mass is 16.3. The Balaban J connectivity index is 1.37. The van der Waals surface area contributed by atoms with E-state index in [1.54, 1.807) is 30.3 Å². The summed E-state index contributed by atoms with van der Waals surface area (Å²) in [5.41, 5.74) is 2.26. The molecule has 1 saturated heterocycles. The van der Waals surface area contributed by atoms with Gasteiger partial charge in [-0.1, -0.05) is 30.3 Å². The van der Waals surface area contributed by atoms with E-state index in [0.717, 1.165) is 11.3 Å². The largest absolute Gasteiger partial charge is 0.467 e. The van der Waals surface area contributed by atoms with E-state index in [1.165, 1.54) is 11.8 Å². The minimum Gasteiger partial charge on any atom is -0.467 e. The number of amides is 3. The van der Waals surface area contributed by atoms with E-state index in [-0.39, 0.29) is 35.9 Å². The van der Waals surface area contributed by atoms with E-state index in [1.807, 2.05) is 23.1 Å². The SMILES string of the molecule is C[C@H]1[C@@H](c2ccccc2)CCN1C(=O)c1ccc2c(c1)C(=O)N(Cc1ccco1)C2=O. The minimum absolute atomic E-state index is 0.0518. The Morgan fingerprint density at radius 1 is 1.00 bits per heavy atom. The third-order valence-corrected chi connectivity index (χ3v) is 6.36. The van der Waals surface area contributed by atoms with Crippen LogP contribution in [0, 0.1) is 0 Å². The first kappa shape index (κ1) is 19.3. The predicted octanol–water partition coefficient (Wildman–Crippen LogP) is 4.09. The first-order valence-electron chi connectivity index (χ1n) is 10.4. The molecule has 6 nitrogen and oxygen atoms in total. The summed E-state index contributed by atoms with van der Waals surface area (Å²) in [6.45, 7) is 2.80. The van der Waals surface area contributed by atoms with Crippen LogP contribution >= 0.6 is 0 Å². The molecule has 5 rings (SSSR count). The molecule has 0 spiro atoms. The number of nitrogens with zero attached hydrogens (tertiary/aromatic N) is 2. The number of hydrogen-bond donors (Lipinski definition) is 0. The van der Waals surface area contributed by atoms with Crippen LogP contribution in [0.2, 0.25) is 0 Å². The molecule has 31 heavy (non-hydrogen) atoms. The van der Waals surface area contributed by atoms with Crippen LogP contribution in [-0.2, 0) is 6.54 Å². The van der Waals surface area contributed by atoms with E-state index >= 15 is 0 Å². The fourth-order valence-corrected chi connectivity index (χ4v) is 4.66. The Morgan fingerprint density at radius 2 is 1.77 bits per heavy atom. The van der Waals surface area contributed by atoms with Gasteiger partial charge in [-0.25, -0.2) is 0 Å². The number of benzene rings is 2. The van der Waals surface area contributed by atoms with Crippen LogP contribution in [0.15, 0.2) is 71.3 Å². The molecule has 0 bridgehead atoms. The summed E-state index contributed by atoms with van der Waals surface area (Å²) in [6.07, 6.45) is 2.40. The van der Waals surface area contributed by atoms with E-state index in [0.29, 0.717) is 23.4 Å². The molecule has 0 unspecified atom stereocenters. The zero-order valence-electron chi connectivity index (χ0n) is 17.2.